The van der Waals surface area contributed by atoms with E-state index in [2.05, 4.69) is 0 Å². The van der Waals surface area contributed by atoms with E-state index in [1.54, 1.807) is 0 Å². The van der Waals surface area contributed by atoms with Gasteiger partial charge in [0.25, 0.3) is 0 Å². The Hall–Kier alpha value is 0.354. The molecule has 2 fully saturated rings. The second-order valence-electron chi connectivity index (χ2n) is 5.02. The van der Waals surface area contributed by atoms with E-state index in [-0.39, 0.29) is 10.0 Å². The molecule has 0 N–H and O–H groups in total. The van der Waals surface area contributed by atoms with Crippen LogP contribution in [0, 0.1) is 11.8 Å². The largest absolute Gasteiger partial charge is 0.446 e. The normalized spacial score (nSPS) is 24.6. The van der Waals surface area contributed by atoms with Crippen molar-refractivity contribution in [3.8, 4) is 0 Å². The third-order valence-electron chi connectivity index (χ3n) is 4.04. The molecule has 0 amide bonds. The molecule has 0 aromatic heterocycles. The number of hydrogen-bond acceptors (Lipinski definition) is 2. The van der Waals surface area contributed by atoms with Crippen molar-refractivity contribution in [2.45, 2.75) is 57.5 Å². The van der Waals surface area contributed by atoms with Gasteiger partial charge in [-0.1, -0.05) is 25.7 Å². The fraction of sp³-hybridized carbons (Fsp3) is 1.00. The summed E-state index contributed by atoms with van der Waals surface area (Å²) in [6, 6.07) is 0. The van der Waals surface area contributed by atoms with Crippen LogP contribution in [0.1, 0.15) is 51.4 Å². The third-order valence-corrected chi connectivity index (χ3v) is 5.23. The van der Waals surface area contributed by atoms with Crippen LogP contribution in [0.15, 0.2) is 0 Å². The van der Waals surface area contributed by atoms with Crippen LogP contribution >= 0.6 is 0 Å². The Balaban J connectivity index is 1.88. The minimum Gasteiger partial charge on any atom is -0.446 e. The van der Waals surface area contributed by atoms with Gasteiger partial charge in [-0.25, -0.2) is 0 Å². The quantitative estimate of drug-likeness (QED) is 0.678. The molecule has 2 aliphatic carbocycles. The summed E-state index contributed by atoms with van der Waals surface area (Å²) in [5.74, 6) is 1.72. The predicted molar refractivity (Wildman–Crippen MR) is 67.0 cm³/mol. The third kappa shape index (κ3) is 3.15. The first kappa shape index (κ1) is 11.8. The van der Waals surface area contributed by atoms with Crippen molar-refractivity contribution in [2.75, 3.05) is 0 Å². The van der Waals surface area contributed by atoms with Crippen LogP contribution in [0.2, 0.25) is 0 Å². The van der Waals surface area contributed by atoms with Gasteiger partial charge in [0.05, 0.1) is 6.10 Å². The van der Waals surface area contributed by atoms with Gasteiger partial charge < -0.3 is 8.54 Å². The summed E-state index contributed by atoms with van der Waals surface area (Å²) in [5.41, 5.74) is 0. The van der Waals surface area contributed by atoms with Gasteiger partial charge in [-0.05, 0) is 37.5 Å². The molecule has 87 valence electrons. The lowest BCUT2D eigenvalue weighted by atomic mass is 9.89. The van der Waals surface area contributed by atoms with Crippen LogP contribution in [0.3, 0.4) is 0 Å². The minimum absolute atomic E-state index is 0.161. The second-order valence-corrected chi connectivity index (χ2v) is 7.37. The maximum atomic E-state index is 6.05. The van der Waals surface area contributed by atoms with Crippen LogP contribution in [-0.4, -0.2) is 26.6 Å². The van der Waals surface area contributed by atoms with Gasteiger partial charge in [0, 0.05) is 0 Å². The topological polar surface area (TPSA) is 18.5 Å². The van der Waals surface area contributed by atoms with Crippen molar-refractivity contribution in [3.63, 3.8) is 0 Å². The Kier molecular flexibility index (Phi) is 4.87. The van der Waals surface area contributed by atoms with Crippen LogP contribution in [0.25, 0.3) is 0 Å². The zero-order valence-electron chi connectivity index (χ0n) is 9.78. The van der Waals surface area contributed by atoms with Crippen molar-refractivity contribution in [1.82, 2.24) is 0 Å². The predicted octanol–water partition coefficient (Wildman–Crippen LogP) is 1.32. The highest BCUT2D eigenvalue weighted by Crippen LogP contribution is 2.38. The van der Waals surface area contributed by atoms with E-state index in [0.29, 0.717) is 6.10 Å². The molecule has 2 saturated carbocycles. The molecule has 0 bridgehead atoms. The lowest BCUT2D eigenvalue weighted by Crippen LogP contribution is -2.31. The Morgan fingerprint density at radius 1 is 0.933 bits per heavy atom. The van der Waals surface area contributed by atoms with Gasteiger partial charge in [0.15, 0.2) is 0 Å². The molecule has 0 unspecified atom stereocenters. The number of hydrogen-bond donors (Lipinski definition) is 0. The van der Waals surface area contributed by atoms with Gasteiger partial charge >= 0.3 is 10.0 Å². The Bertz CT molecular complexity index is 161. The zero-order chi connectivity index (χ0) is 10.5. The van der Waals surface area contributed by atoms with Gasteiger partial charge in [-0.3, -0.25) is 0 Å². The molecule has 0 aromatic carbocycles. The molecule has 0 saturated heterocycles. The van der Waals surface area contributed by atoms with Gasteiger partial charge in [0.2, 0.25) is 0 Å². The molecule has 0 heterocycles. The molecule has 15 heavy (non-hydrogen) atoms. The molecule has 2 aliphatic rings. The lowest BCUT2D eigenvalue weighted by molar-refractivity contribution is 0.0710. The van der Waals surface area contributed by atoms with Gasteiger partial charge in [-0.15, -0.1) is 0 Å². The van der Waals surface area contributed by atoms with Crippen LogP contribution < -0.4 is 0 Å². The van der Waals surface area contributed by atoms with E-state index >= 15 is 0 Å². The molecule has 0 atom stereocenters. The molecular formula is C11H23O2Si2. The summed E-state index contributed by atoms with van der Waals surface area (Å²) in [6.07, 6.45) is 11.9. The minimum atomic E-state index is -0.161. The lowest BCUT2D eigenvalue weighted by Gasteiger charge is -2.29. The summed E-state index contributed by atoms with van der Waals surface area (Å²) in [5, 5.41) is 0. The van der Waals surface area contributed by atoms with Crippen LogP contribution in [-0.2, 0) is 8.54 Å². The molecule has 4 heteroatoms. The van der Waals surface area contributed by atoms with Crippen molar-refractivity contribution in [1.29, 1.82) is 0 Å². The summed E-state index contributed by atoms with van der Waals surface area (Å²) in [6.45, 7) is 0. The number of rotatable bonds is 5. The van der Waals surface area contributed by atoms with Crippen molar-refractivity contribution in [3.05, 3.63) is 0 Å². The molecule has 1 radical (unpaired) electrons. The highest BCUT2D eigenvalue weighted by molar-refractivity contribution is 6.27. The first-order valence-electron chi connectivity index (χ1n) is 6.42. The highest BCUT2D eigenvalue weighted by Gasteiger charge is 2.33. The molecule has 0 spiro atoms. The van der Waals surface area contributed by atoms with E-state index in [4.69, 9.17) is 8.54 Å². The van der Waals surface area contributed by atoms with E-state index < -0.39 is 0 Å². The van der Waals surface area contributed by atoms with Crippen LogP contribution in [0.4, 0.5) is 0 Å². The molecular weight excluding hydrogens is 220 g/mol. The van der Waals surface area contributed by atoms with Gasteiger partial charge in [-0.2, -0.15) is 0 Å². The van der Waals surface area contributed by atoms with Crippen molar-refractivity contribution < 1.29 is 8.54 Å². The fourth-order valence-corrected chi connectivity index (χ4v) is 4.32. The monoisotopic (exact) mass is 243 g/mol. The molecule has 2 nitrogen and oxygen atoms in total. The van der Waals surface area contributed by atoms with Crippen molar-refractivity contribution in [2.24, 2.45) is 11.8 Å². The first-order valence-corrected chi connectivity index (χ1v) is 8.17. The van der Waals surface area contributed by atoms with E-state index in [1.165, 1.54) is 51.4 Å². The SMILES string of the molecule is [SiH3]O[SiH]OC(C1CCCC1)C1CCCC1. The zero-order valence-corrected chi connectivity index (χ0v) is 12.9. The van der Waals surface area contributed by atoms with E-state index in [9.17, 15) is 0 Å². The summed E-state index contributed by atoms with van der Waals surface area (Å²) in [7, 11) is 0.675. The Morgan fingerprint density at radius 3 is 1.80 bits per heavy atom. The van der Waals surface area contributed by atoms with Crippen molar-refractivity contribution >= 4 is 20.5 Å². The summed E-state index contributed by atoms with van der Waals surface area (Å²) in [4.78, 5) is 0. The first-order chi connectivity index (χ1) is 7.42. The van der Waals surface area contributed by atoms with E-state index in [0.717, 1.165) is 22.3 Å². The average Bonchev–Trinajstić information content (AvgIpc) is 2.90. The second kappa shape index (κ2) is 6.18. The van der Waals surface area contributed by atoms with E-state index in [1.807, 2.05) is 0 Å². The Labute approximate surface area is 98.7 Å². The summed E-state index contributed by atoms with van der Waals surface area (Å²) < 4.78 is 11.3. The van der Waals surface area contributed by atoms with Gasteiger partial charge in [0.1, 0.15) is 10.5 Å². The average molecular weight is 243 g/mol. The fourth-order valence-electron chi connectivity index (χ4n) is 3.30. The maximum Gasteiger partial charge on any atom is 0.353 e. The smallest absolute Gasteiger partial charge is 0.353 e. The molecule has 0 aliphatic heterocycles. The van der Waals surface area contributed by atoms with Crippen LogP contribution in [0.5, 0.6) is 0 Å². The maximum absolute atomic E-state index is 6.05. The standard InChI is InChI=1S/C11H23O2Si2/c14-13-15-12-11(9-5-1-2-6-9)10-7-3-4-8-10/h9-11,15H,1-8H2,14H3. The highest BCUT2D eigenvalue weighted by atomic mass is 28.3. The summed E-state index contributed by atoms with van der Waals surface area (Å²) >= 11 is 0. The Morgan fingerprint density at radius 2 is 1.40 bits per heavy atom. The molecule has 0 aromatic rings. The molecule has 2 rings (SSSR count).